The van der Waals surface area contributed by atoms with Gasteiger partial charge in [0.05, 0.1) is 18.5 Å². The molecule has 190 valence electrons. The first-order valence-electron chi connectivity index (χ1n) is 12.7. The molecule has 4 aromatic rings. The second-order valence-electron chi connectivity index (χ2n) is 9.54. The quantitative estimate of drug-likeness (QED) is 0.322. The highest BCUT2D eigenvalue weighted by molar-refractivity contribution is 6.07. The number of ether oxygens (including phenoxy) is 1. The summed E-state index contributed by atoms with van der Waals surface area (Å²) in [5.41, 5.74) is 5.24. The average Bonchev–Trinajstić information content (AvgIpc) is 3.39. The van der Waals surface area contributed by atoms with Crippen molar-refractivity contribution in [2.75, 3.05) is 12.0 Å². The van der Waals surface area contributed by atoms with E-state index in [9.17, 15) is 14.0 Å². The van der Waals surface area contributed by atoms with Crippen LogP contribution in [-0.2, 0) is 9.59 Å². The molecule has 0 spiro atoms. The van der Waals surface area contributed by atoms with Crippen LogP contribution >= 0.6 is 0 Å². The lowest BCUT2D eigenvalue weighted by Crippen LogP contribution is -2.40. The number of carbonyl (C=O) groups excluding carboxylic acids is 2. The normalized spacial score (nSPS) is 17.5. The van der Waals surface area contributed by atoms with E-state index >= 15 is 0 Å². The van der Waals surface area contributed by atoms with Gasteiger partial charge in [-0.25, -0.2) is 9.07 Å². The van der Waals surface area contributed by atoms with Crippen LogP contribution in [0.1, 0.15) is 37.2 Å². The van der Waals surface area contributed by atoms with Crippen LogP contribution < -0.4 is 9.64 Å². The van der Waals surface area contributed by atoms with Gasteiger partial charge in [-0.2, -0.15) is 5.10 Å². The number of anilines is 1. The van der Waals surface area contributed by atoms with Crippen LogP contribution in [0.2, 0.25) is 0 Å². The molecule has 1 aromatic heterocycles. The third-order valence-electron chi connectivity index (χ3n) is 7.26. The maximum Gasteiger partial charge on any atom is 0.232 e. The second kappa shape index (κ2) is 9.74. The van der Waals surface area contributed by atoms with Gasteiger partial charge < -0.3 is 4.74 Å². The summed E-state index contributed by atoms with van der Waals surface area (Å²) in [6, 6.07) is 23.2. The largest absolute Gasteiger partial charge is 0.497 e. The molecule has 38 heavy (non-hydrogen) atoms. The molecule has 7 heteroatoms. The maximum absolute atomic E-state index is 13.7. The van der Waals surface area contributed by atoms with E-state index < -0.39 is 5.92 Å². The number of nitrogens with zero attached hydrogens (tertiary/aromatic N) is 3. The van der Waals surface area contributed by atoms with Gasteiger partial charge in [0.15, 0.2) is 5.78 Å². The van der Waals surface area contributed by atoms with Crippen LogP contribution in [-0.4, -0.2) is 28.6 Å². The topological polar surface area (TPSA) is 64.4 Å². The van der Waals surface area contributed by atoms with E-state index in [1.54, 1.807) is 28.8 Å². The SMILES string of the molecule is COc1ccc(-c2nn(-c3ccccc3)cc2C2CC(=O)N(c3ccc(F)cc3)C3=C2C(=O)CCC3)cc1. The van der Waals surface area contributed by atoms with Gasteiger partial charge in [-0.1, -0.05) is 18.2 Å². The monoisotopic (exact) mass is 507 g/mol. The minimum absolute atomic E-state index is 0.0454. The van der Waals surface area contributed by atoms with E-state index in [1.165, 1.54) is 12.1 Å². The van der Waals surface area contributed by atoms with Crippen molar-refractivity contribution in [3.8, 4) is 22.7 Å². The fourth-order valence-electron chi connectivity index (χ4n) is 5.48. The minimum atomic E-state index is -0.434. The predicted octanol–water partition coefficient (Wildman–Crippen LogP) is 6.21. The first-order valence-corrected chi connectivity index (χ1v) is 12.7. The number of benzene rings is 3. The first-order chi connectivity index (χ1) is 18.5. The third kappa shape index (κ3) is 4.20. The summed E-state index contributed by atoms with van der Waals surface area (Å²) < 4.78 is 20.8. The molecular formula is C31H26FN3O3. The number of para-hydroxylation sites is 1. The summed E-state index contributed by atoms with van der Waals surface area (Å²) in [7, 11) is 1.62. The highest BCUT2D eigenvalue weighted by Gasteiger charge is 2.41. The van der Waals surface area contributed by atoms with Crippen molar-refractivity contribution in [2.24, 2.45) is 0 Å². The number of rotatable bonds is 5. The number of halogens is 1. The zero-order valence-electron chi connectivity index (χ0n) is 20.9. The lowest BCUT2D eigenvalue weighted by molar-refractivity contribution is -0.119. The molecule has 1 aliphatic heterocycles. The molecule has 2 aliphatic rings. The van der Waals surface area contributed by atoms with E-state index in [0.29, 0.717) is 36.2 Å². The number of amides is 1. The summed E-state index contributed by atoms with van der Waals surface area (Å²) in [4.78, 5) is 28.7. The van der Waals surface area contributed by atoms with E-state index in [1.807, 2.05) is 60.8 Å². The second-order valence-corrected chi connectivity index (χ2v) is 9.54. The van der Waals surface area contributed by atoms with Crippen LogP contribution in [0.15, 0.2) is 96.3 Å². The molecule has 2 heterocycles. The van der Waals surface area contributed by atoms with Crippen molar-refractivity contribution in [2.45, 2.75) is 31.6 Å². The Morgan fingerprint density at radius 2 is 1.63 bits per heavy atom. The van der Waals surface area contributed by atoms with E-state index in [-0.39, 0.29) is 23.9 Å². The maximum atomic E-state index is 13.7. The molecule has 0 radical (unpaired) electrons. The molecule has 1 amide bonds. The fourth-order valence-corrected chi connectivity index (χ4v) is 5.48. The van der Waals surface area contributed by atoms with E-state index in [2.05, 4.69) is 0 Å². The molecule has 0 N–H and O–H groups in total. The van der Waals surface area contributed by atoms with Gasteiger partial charge in [0, 0.05) is 53.0 Å². The number of aromatic nitrogens is 2. The number of methoxy groups -OCH3 is 1. The zero-order valence-corrected chi connectivity index (χ0v) is 20.9. The Morgan fingerprint density at radius 3 is 2.34 bits per heavy atom. The van der Waals surface area contributed by atoms with Crippen molar-refractivity contribution in [1.82, 2.24) is 9.78 Å². The van der Waals surface area contributed by atoms with Gasteiger partial charge in [-0.15, -0.1) is 0 Å². The Bertz CT molecular complexity index is 1540. The van der Waals surface area contributed by atoms with Crippen LogP contribution in [0.4, 0.5) is 10.1 Å². The van der Waals surface area contributed by atoms with Gasteiger partial charge in [0.1, 0.15) is 11.6 Å². The standard InChI is InChI=1S/C31H26FN3O3/c1-38-24-16-10-20(11-17-24)31-26(19-34(33-31)22-6-3-2-4-7-22)25-18-29(37)35(23-14-12-21(32)13-15-23)27-8-5-9-28(36)30(25)27/h2-4,6-7,10-17,19,25H,5,8-9,18H2,1H3. The van der Waals surface area contributed by atoms with Gasteiger partial charge in [-0.3, -0.25) is 14.5 Å². The number of hydrogen-bond acceptors (Lipinski definition) is 4. The molecule has 0 saturated carbocycles. The Kier molecular flexibility index (Phi) is 6.12. The predicted molar refractivity (Wildman–Crippen MR) is 143 cm³/mol. The minimum Gasteiger partial charge on any atom is -0.497 e. The zero-order chi connectivity index (χ0) is 26.2. The van der Waals surface area contributed by atoms with Crippen LogP contribution in [0.25, 0.3) is 16.9 Å². The van der Waals surface area contributed by atoms with E-state index in [4.69, 9.17) is 9.84 Å². The highest BCUT2D eigenvalue weighted by Crippen LogP contribution is 2.45. The molecule has 0 saturated heterocycles. The Hall–Kier alpha value is -4.52. The number of Topliss-reactive ketones (excluding diaryl/α,β-unsaturated/α-hetero) is 1. The van der Waals surface area contributed by atoms with Gasteiger partial charge in [0.2, 0.25) is 5.91 Å². The lowest BCUT2D eigenvalue weighted by Gasteiger charge is -2.38. The Morgan fingerprint density at radius 1 is 0.895 bits per heavy atom. The lowest BCUT2D eigenvalue weighted by atomic mass is 9.76. The number of hydrogen-bond donors (Lipinski definition) is 0. The number of allylic oxidation sites excluding steroid dienone is 2. The van der Waals surface area contributed by atoms with Crippen molar-refractivity contribution >= 4 is 17.4 Å². The van der Waals surface area contributed by atoms with Gasteiger partial charge in [0.25, 0.3) is 0 Å². The fraction of sp³-hybridized carbons (Fsp3) is 0.194. The Balaban J connectivity index is 1.53. The summed E-state index contributed by atoms with van der Waals surface area (Å²) in [6.07, 6.45) is 3.76. The molecule has 1 atom stereocenters. The van der Waals surface area contributed by atoms with Crippen molar-refractivity contribution in [3.05, 3.63) is 108 Å². The summed E-state index contributed by atoms with van der Waals surface area (Å²) in [6.45, 7) is 0. The first kappa shape index (κ1) is 23.9. The molecule has 0 fully saturated rings. The highest BCUT2D eigenvalue weighted by atomic mass is 19.1. The van der Waals surface area contributed by atoms with Gasteiger partial charge in [-0.05, 0) is 73.5 Å². The molecule has 1 unspecified atom stereocenters. The molecular weight excluding hydrogens is 481 g/mol. The molecule has 1 aliphatic carbocycles. The third-order valence-corrected chi connectivity index (χ3v) is 7.26. The summed E-state index contributed by atoms with van der Waals surface area (Å²) >= 11 is 0. The van der Waals surface area contributed by atoms with Crippen molar-refractivity contribution in [1.29, 1.82) is 0 Å². The number of carbonyl (C=O) groups is 2. The summed E-state index contributed by atoms with van der Waals surface area (Å²) in [5, 5.41) is 4.93. The van der Waals surface area contributed by atoms with Crippen LogP contribution in [0.3, 0.4) is 0 Å². The van der Waals surface area contributed by atoms with Crippen molar-refractivity contribution < 1.29 is 18.7 Å². The average molecular weight is 508 g/mol. The van der Waals surface area contributed by atoms with Crippen molar-refractivity contribution in [3.63, 3.8) is 0 Å². The summed E-state index contributed by atoms with van der Waals surface area (Å²) in [5.74, 6) is -0.153. The molecule has 0 bridgehead atoms. The molecule has 6 rings (SSSR count). The van der Waals surface area contributed by atoms with E-state index in [0.717, 1.165) is 28.3 Å². The Labute approximate surface area is 220 Å². The van der Waals surface area contributed by atoms with Crippen LogP contribution in [0.5, 0.6) is 5.75 Å². The van der Waals surface area contributed by atoms with Crippen LogP contribution in [0, 0.1) is 5.82 Å². The number of ketones is 1. The van der Waals surface area contributed by atoms with Gasteiger partial charge >= 0.3 is 0 Å². The molecule has 3 aromatic carbocycles. The smallest absolute Gasteiger partial charge is 0.232 e. The molecule has 6 nitrogen and oxygen atoms in total.